The van der Waals surface area contributed by atoms with E-state index in [1.165, 1.54) is 48.5 Å². The highest BCUT2D eigenvalue weighted by Gasteiger charge is 2.15. The lowest BCUT2D eigenvalue weighted by atomic mass is 10.1. The second-order valence-electron chi connectivity index (χ2n) is 6.76. The van der Waals surface area contributed by atoms with E-state index in [0.717, 1.165) is 0 Å². The van der Waals surface area contributed by atoms with E-state index in [9.17, 15) is 22.8 Å². The van der Waals surface area contributed by atoms with E-state index in [2.05, 4.69) is 20.0 Å². The molecule has 11 heteroatoms. The molecule has 0 aliphatic rings. The molecule has 0 aliphatic carbocycles. The third kappa shape index (κ3) is 4.56. The van der Waals surface area contributed by atoms with Gasteiger partial charge in [-0.05, 0) is 60.7 Å². The number of nitrogens with one attached hydrogen (secondary N) is 4. The fraction of sp³-hybridized carbons (Fsp3) is 0. The first kappa shape index (κ1) is 21.3. The van der Waals surface area contributed by atoms with Crippen molar-refractivity contribution in [1.29, 1.82) is 0 Å². The average molecular weight is 471 g/mol. The number of H-pyrrole nitrogens is 2. The first-order valence-corrected chi connectivity index (χ1v) is 11.0. The van der Waals surface area contributed by atoms with Crippen LogP contribution in [-0.4, -0.2) is 24.3 Å². The van der Waals surface area contributed by atoms with E-state index in [4.69, 9.17) is 11.6 Å². The zero-order valence-electron chi connectivity index (χ0n) is 16.2. The summed E-state index contributed by atoms with van der Waals surface area (Å²) in [5.41, 5.74) is 0.00776. The summed E-state index contributed by atoms with van der Waals surface area (Å²) in [5.74, 6) is -0.480. The van der Waals surface area contributed by atoms with Gasteiger partial charge < -0.3 is 15.3 Å². The van der Waals surface area contributed by atoms with Gasteiger partial charge in [0.15, 0.2) is 0 Å². The van der Waals surface area contributed by atoms with Gasteiger partial charge in [-0.2, -0.15) is 0 Å². The quantitative estimate of drug-likeness (QED) is 0.332. The topological polar surface area (TPSA) is 141 Å². The van der Waals surface area contributed by atoms with E-state index in [1.54, 1.807) is 18.2 Å². The Morgan fingerprint density at radius 1 is 0.812 bits per heavy atom. The van der Waals surface area contributed by atoms with Crippen LogP contribution in [0, 0.1) is 0 Å². The molecule has 1 aromatic heterocycles. The summed E-state index contributed by atoms with van der Waals surface area (Å²) in [6.45, 7) is 0. The molecule has 0 fully saturated rings. The molecule has 0 spiro atoms. The molecule has 0 unspecified atom stereocenters. The van der Waals surface area contributed by atoms with Crippen LogP contribution < -0.4 is 21.2 Å². The lowest BCUT2D eigenvalue weighted by Crippen LogP contribution is -2.29. The number of halogens is 1. The fourth-order valence-electron chi connectivity index (χ4n) is 2.94. The Morgan fingerprint density at radius 3 is 2.19 bits per heavy atom. The van der Waals surface area contributed by atoms with Gasteiger partial charge in [-0.3, -0.25) is 19.1 Å². The first-order valence-electron chi connectivity index (χ1n) is 9.17. The Kier molecular flexibility index (Phi) is 5.56. The van der Waals surface area contributed by atoms with Gasteiger partial charge in [-0.1, -0.05) is 17.7 Å². The summed E-state index contributed by atoms with van der Waals surface area (Å²) in [6, 6.07) is 16.3. The highest BCUT2D eigenvalue weighted by atomic mass is 35.5. The summed E-state index contributed by atoms with van der Waals surface area (Å²) in [4.78, 5) is 40.2. The van der Waals surface area contributed by atoms with Crippen LogP contribution in [0.4, 0.5) is 11.4 Å². The second-order valence-corrected chi connectivity index (χ2v) is 8.88. The van der Waals surface area contributed by atoms with Crippen molar-refractivity contribution in [3.8, 4) is 0 Å². The number of carbonyl (C=O) groups is 1. The molecule has 4 rings (SSSR count). The molecule has 1 amide bonds. The number of hydrogen-bond acceptors (Lipinski definition) is 5. The lowest BCUT2D eigenvalue weighted by Gasteiger charge is -2.10. The maximum Gasteiger partial charge on any atom is 0.314 e. The summed E-state index contributed by atoms with van der Waals surface area (Å²) >= 11 is 5.88. The van der Waals surface area contributed by atoms with E-state index in [0.29, 0.717) is 27.4 Å². The van der Waals surface area contributed by atoms with Crippen molar-refractivity contribution in [3.05, 3.63) is 98.0 Å². The number of aromatic amines is 2. The molecule has 0 saturated carbocycles. The van der Waals surface area contributed by atoms with E-state index in [-0.39, 0.29) is 10.5 Å². The molecule has 32 heavy (non-hydrogen) atoms. The van der Waals surface area contributed by atoms with Crippen LogP contribution in [0.3, 0.4) is 0 Å². The predicted octanol–water partition coefficient (Wildman–Crippen LogP) is 2.92. The molecular weight excluding hydrogens is 456 g/mol. The Labute approximate surface area is 186 Å². The maximum absolute atomic E-state index is 12.5. The molecule has 0 saturated heterocycles. The highest BCUT2D eigenvalue weighted by Crippen LogP contribution is 2.21. The normalized spacial score (nSPS) is 11.3. The standard InChI is InChI=1S/C21H15ClN4O5S/c22-13-2-1-3-15(11-13)26-32(30,31)16-7-5-14(6-8-16)23-19(27)12-4-9-17-18(10-12)25-21(29)20(28)24-17/h1-11,26H,(H,23,27)(H,24,28)(H,25,29). The maximum atomic E-state index is 12.5. The predicted molar refractivity (Wildman–Crippen MR) is 122 cm³/mol. The minimum atomic E-state index is -3.84. The van der Waals surface area contributed by atoms with Crippen molar-refractivity contribution in [1.82, 2.24) is 9.97 Å². The van der Waals surface area contributed by atoms with Crippen molar-refractivity contribution < 1.29 is 13.2 Å². The van der Waals surface area contributed by atoms with Gasteiger partial charge in [0, 0.05) is 16.3 Å². The molecule has 0 radical (unpaired) electrons. The molecule has 4 aromatic rings. The van der Waals surface area contributed by atoms with Gasteiger partial charge in [0.2, 0.25) is 0 Å². The highest BCUT2D eigenvalue weighted by molar-refractivity contribution is 7.92. The minimum Gasteiger partial charge on any atom is -0.322 e. The van der Waals surface area contributed by atoms with Crippen molar-refractivity contribution in [2.45, 2.75) is 4.90 Å². The van der Waals surface area contributed by atoms with Gasteiger partial charge in [0.05, 0.1) is 21.6 Å². The van der Waals surface area contributed by atoms with Gasteiger partial charge in [0.25, 0.3) is 15.9 Å². The monoisotopic (exact) mass is 470 g/mol. The molecule has 0 aliphatic heterocycles. The number of sulfonamides is 1. The smallest absolute Gasteiger partial charge is 0.314 e. The number of rotatable bonds is 5. The van der Waals surface area contributed by atoms with Crippen molar-refractivity contribution in [2.75, 3.05) is 10.0 Å². The van der Waals surface area contributed by atoms with Gasteiger partial charge in [-0.15, -0.1) is 0 Å². The van der Waals surface area contributed by atoms with Crippen LogP contribution in [0.25, 0.3) is 11.0 Å². The largest absolute Gasteiger partial charge is 0.322 e. The van der Waals surface area contributed by atoms with Crippen LogP contribution >= 0.6 is 11.6 Å². The van der Waals surface area contributed by atoms with Crippen LogP contribution in [-0.2, 0) is 10.0 Å². The molecular formula is C21H15ClN4O5S. The molecule has 162 valence electrons. The number of fused-ring (bicyclic) bond motifs is 1. The Balaban J connectivity index is 1.51. The number of benzene rings is 3. The van der Waals surface area contributed by atoms with Crippen LogP contribution in [0.5, 0.6) is 0 Å². The van der Waals surface area contributed by atoms with Crippen LogP contribution in [0.15, 0.2) is 81.2 Å². The molecule has 1 heterocycles. The van der Waals surface area contributed by atoms with Gasteiger partial charge in [0.1, 0.15) is 0 Å². The van der Waals surface area contributed by atoms with Gasteiger partial charge in [-0.25, -0.2) is 8.42 Å². The van der Waals surface area contributed by atoms with Crippen molar-refractivity contribution in [2.24, 2.45) is 0 Å². The summed E-state index contributed by atoms with van der Waals surface area (Å²) < 4.78 is 27.5. The Morgan fingerprint density at radius 2 is 1.50 bits per heavy atom. The number of hydrogen-bond donors (Lipinski definition) is 4. The number of amides is 1. The van der Waals surface area contributed by atoms with E-state index in [1.807, 2.05) is 0 Å². The number of carbonyl (C=O) groups excluding carboxylic acids is 1. The molecule has 0 atom stereocenters. The van der Waals surface area contributed by atoms with E-state index < -0.39 is 27.0 Å². The molecule has 4 N–H and O–H groups in total. The number of aromatic nitrogens is 2. The number of anilines is 2. The average Bonchev–Trinajstić information content (AvgIpc) is 2.74. The first-order chi connectivity index (χ1) is 15.2. The molecule has 9 nitrogen and oxygen atoms in total. The summed E-state index contributed by atoms with van der Waals surface area (Å²) in [6.07, 6.45) is 0. The molecule has 0 bridgehead atoms. The van der Waals surface area contributed by atoms with E-state index >= 15 is 0 Å². The van der Waals surface area contributed by atoms with Crippen LogP contribution in [0.1, 0.15) is 10.4 Å². The SMILES string of the molecule is O=C(Nc1ccc(S(=O)(=O)Nc2cccc(Cl)c2)cc1)c1ccc2[nH]c(=O)c(=O)[nH]c2c1. The van der Waals surface area contributed by atoms with Crippen molar-refractivity contribution >= 4 is 49.9 Å². The molecule has 3 aromatic carbocycles. The second kappa shape index (κ2) is 8.33. The third-order valence-electron chi connectivity index (χ3n) is 4.48. The van der Waals surface area contributed by atoms with Crippen LogP contribution in [0.2, 0.25) is 5.02 Å². The summed E-state index contributed by atoms with van der Waals surface area (Å²) in [7, 11) is -3.84. The Hall–Kier alpha value is -3.89. The zero-order chi connectivity index (χ0) is 22.9. The summed E-state index contributed by atoms with van der Waals surface area (Å²) in [5, 5.41) is 3.04. The fourth-order valence-corrected chi connectivity index (χ4v) is 4.18. The third-order valence-corrected chi connectivity index (χ3v) is 6.12. The van der Waals surface area contributed by atoms with Gasteiger partial charge >= 0.3 is 11.1 Å². The lowest BCUT2D eigenvalue weighted by molar-refractivity contribution is 0.102. The minimum absolute atomic E-state index is 0.00251. The van der Waals surface area contributed by atoms with Crippen molar-refractivity contribution in [3.63, 3.8) is 0 Å². The zero-order valence-corrected chi connectivity index (χ0v) is 17.8. The Bertz CT molecular complexity index is 1560.